The maximum atomic E-state index is 13.6. The molecule has 1 aliphatic rings. The van der Waals surface area contributed by atoms with Crippen molar-refractivity contribution in [3.8, 4) is 5.75 Å². The largest absolute Gasteiger partial charge is 0.507 e. The SMILES string of the molecule is CCCOc1ccc(/C(O)=C2\C(=O)C(=O)N(Cc3ccccn3)C2c2ccc(F)cc2)cc1. The summed E-state index contributed by atoms with van der Waals surface area (Å²) in [6, 6.07) is 16.6. The van der Waals surface area contributed by atoms with Gasteiger partial charge in [0.25, 0.3) is 11.7 Å². The van der Waals surface area contributed by atoms with E-state index in [1.807, 2.05) is 6.92 Å². The summed E-state index contributed by atoms with van der Waals surface area (Å²) in [5.74, 6) is -1.65. The Kier molecular flexibility index (Phi) is 6.49. The van der Waals surface area contributed by atoms with E-state index >= 15 is 0 Å². The zero-order valence-electron chi connectivity index (χ0n) is 18.1. The lowest BCUT2D eigenvalue weighted by Crippen LogP contribution is -2.29. The summed E-state index contributed by atoms with van der Waals surface area (Å²) in [5.41, 5.74) is 1.42. The van der Waals surface area contributed by atoms with Gasteiger partial charge < -0.3 is 14.7 Å². The Balaban J connectivity index is 1.78. The maximum Gasteiger partial charge on any atom is 0.296 e. The number of halogens is 1. The molecule has 3 aromatic rings. The second kappa shape index (κ2) is 9.65. The third-order valence-corrected chi connectivity index (χ3v) is 5.38. The molecule has 4 rings (SSSR count). The molecule has 0 radical (unpaired) electrons. The van der Waals surface area contributed by atoms with Crippen LogP contribution in [0.3, 0.4) is 0 Å². The second-order valence-corrected chi connectivity index (χ2v) is 7.67. The highest BCUT2D eigenvalue weighted by atomic mass is 19.1. The van der Waals surface area contributed by atoms with Crippen LogP contribution in [0.25, 0.3) is 5.76 Å². The number of aliphatic hydroxyl groups is 1. The molecule has 0 saturated carbocycles. The lowest BCUT2D eigenvalue weighted by atomic mass is 9.95. The van der Waals surface area contributed by atoms with Gasteiger partial charge in [0.05, 0.1) is 30.5 Å². The van der Waals surface area contributed by atoms with Gasteiger partial charge >= 0.3 is 0 Å². The van der Waals surface area contributed by atoms with Crippen molar-refractivity contribution in [3.63, 3.8) is 0 Å². The second-order valence-electron chi connectivity index (χ2n) is 7.67. The summed E-state index contributed by atoms with van der Waals surface area (Å²) < 4.78 is 19.2. The van der Waals surface area contributed by atoms with Crippen molar-refractivity contribution >= 4 is 17.4 Å². The van der Waals surface area contributed by atoms with Crippen molar-refractivity contribution in [2.75, 3.05) is 6.61 Å². The minimum absolute atomic E-state index is 0.0511. The van der Waals surface area contributed by atoms with Crippen LogP contribution in [0.15, 0.2) is 78.5 Å². The number of amides is 1. The number of carbonyl (C=O) groups excluding carboxylic acids is 2. The van der Waals surface area contributed by atoms with Crippen molar-refractivity contribution in [1.82, 2.24) is 9.88 Å². The molecule has 1 N–H and O–H groups in total. The van der Waals surface area contributed by atoms with Crippen LogP contribution in [0.5, 0.6) is 5.75 Å². The molecule has 2 aromatic carbocycles. The van der Waals surface area contributed by atoms with Gasteiger partial charge in [-0.25, -0.2) is 4.39 Å². The molecule has 168 valence electrons. The average Bonchev–Trinajstić information content (AvgIpc) is 3.08. The zero-order chi connectivity index (χ0) is 23.4. The fourth-order valence-corrected chi connectivity index (χ4v) is 3.79. The first-order chi connectivity index (χ1) is 16.0. The van der Waals surface area contributed by atoms with Crippen LogP contribution in [0.4, 0.5) is 4.39 Å². The smallest absolute Gasteiger partial charge is 0.296 e. The molecule has 1 unspecified atom stereocenters. The summed E-state index contributed by atoms with van der Waals surface area (Å²) in [6.45, 7) is 2.63. The van der Waals surface area contributed by atoms with Gasteiger partial charge in [0, 0.05) is 11.8 Å². The number of benzene rings is 2. The summed E-state index contributed by atoms with van der Waals surface area (Å²) in [4.78, 5) is 31.6. The van der Waals surface area contributed by atoms with Crippen LogP contribution in [0, 0.1) is 5.82 Å². The Bertz CT molecular complexity index is 1180. The summed E-state index contributed by atoms with van der Waals surface area (Å²) >= 11 is 0. The number of aromatic nitrogens is 1. The molecule has 0 bridgehead atoms. The Morgan fingerprint density at radius 1 is 1.06 bits per heavy atom. The van der Waals surface area contributed by atoms with E-state index in [4.69, 9.17) is 4.74 Å². The van der Waals surface area contributed by atoms with E-state index in [1.165, 1.54) is 29.2 Å². The first kappa shape index (κ1) is 22.2. The number of ketones is 1. The van der Waals surface area contributed by atoms with Crippen LogP contribution >= 0.6 is 0 Å². The first-order valence-electron chi connectivity index (χ1n) is 10.7. The Hall–Kier alpha value is -4.00. The minimum Gasteiger partial charge on any atom is -0.507 e. The molecule has 1 aliphatic heterocycles. The van der Waals surface area contributed by atoms with Gasteiger partial charge in [-0.2, -0.15) is 0 Å². The van der Waals surface area contributed by atoms with E-state index in [2.05, 4.69) is 4.98 Å². The predicted molar refractivity (Wildman–Crippen MR) is 121 cm³/mol. The predicted octanol–water partition coefficient (Wildman–Crippen LogP) is 4.63. The number of nitrogens with zero attached hydrogens (tertiary/aromatic N) is 2. The number of carbonyl (C=O) groups is 2. The molecule has 0 aliphatic carbocycles. The summed E-state index contributed by atoms with van der Waals surface area (Å²) in [6.07, 6.45) is 2.46. The first-order valence-corrected chi connectivity index (χ1v) is 10.7. The number of hydrogen-bond acceptors (Lipinski definition) is 5. The highest BCUT2D eigenvalue weighted by Crippen LogP contribution is 2.40. The molecule has 33 heavy (non-hydrogen) atoms. The van der Waals surface area contributed by atoms with Crippen LogP contribution in [-0.4, -0.2) is 33.3 Å². The molecule has 0 spiro atoms. The molecule has 1 aromatic heterocycles. The number of hydrogen-bond donors (Lipinski definition) is 1. The van der Waals surface area contributed by atoms with Gasteiger partial charge in [-0.3, -0.25) is 14.6 Å². The standard InChI is InChI=1S/C26H23FN2O4/c1-2-15-33-21-12-8-18(9-13-21)24(30)22-23(17-6-10-19(27)11-7-17)29(26(32)25(22)31)16-20-5-3-4-14-28-20/h3-14,23,30H,2,15-16H2,1H3/b24-22+. The molecule has 7 heteroatoms. The number of likely N-dealkylation sites (tertiary alicyclic amines) is 1. The van der Waals surface area contributed by atoms with Gasteiger partial charge in [0.1, 0.15) is 17.3 Å². The lowest BCUT2D eigenvalue weighted by molar-refractivity contribution is -0.140. The molecule has 6 nitrogen and oxygen atoms in total. The van der Waals surface area contributed by atoms with E-state index in [0.29, 0.717) is 29.2 Å². The molecule has 2 heterocycles. The number of pyridine rings is 1. The van der Waals surface area contributed by atoms with Crippen LogP contribution in [0.1, 0.15) is 36.2 Å². The average molecular weight is 446 g/mol. The van der Waals surface area contributed by atoms with Crippen molar-refractivity contribution in [3.05, 3.63) is 101 Å². The Morgan fingerprint density at radius 2 is 1.79 bits per heavy atom. The van der Waals surface area contributed by atoms with Crippen LogP contribution in [0.2, 0.25) is 0 Å². The minimum atomic E-state index is -0.886. The van der Waals surface area contributed by atoms with Crippen molar-refractivity contribution in [2.45, 2.75) is 25.9 Å². The van der Waals surface area contributed by atoms with Gasteiger partial charge in [-0.05, 0) is 60.5 Å². The Labute approximate surface area is 191 Å². The van der Waals surface area contributed by atoms with E-state index < -0.39 is 23.5 Å². The van der Waals surface area contributed by atoms with E-state index in [0.717, 1.165) is 6.42 Å². The van der Waals surface area contributed by atoms with E-state index in [-0.39, 0.29) is 17.9 Å². The van der Waals surface area contributed by atoms with Crippen LogP contribution < -0.4 is 4.74 Å². The molecule has 1 fully saturated rings. The topological polar surface area (TPSA) is 79.7 Å². The molecular weight excluding hydrogens is 423 g/mol. The third kappa shape index (κ3) is 4.62. The lowest BCUT2D eigenvalue weighted by Gasteiger charge is -2.25. The zero-order valence-corrected chi connectivity index (χ0v) is 18.1. The molecule has 1 saturated heterocycles. The van der Waals surface area contributed by atoms with Crippen LogP contribution in [-0.2, 0) is 16.1 Å². The van der Waals surface area contributed by atoms with Crippen molar-refractivity contribution in [1.29, 1.82) is 0 Å². The van der Waals surface area contributed by atoms with Gasteiger partial charge in [-0.15, -0.1) is 0 Å². The Morgan fingerprint density at radius 3 is 2.42 bits per heavy atom. The quantitative estimate of drug-likeness (QED) is 0.325. The molecular formula is C26H23FN2O4. The van der Waals surface area contributed by atoms with E-state index in [1.54, 1.807) is 48.7 Å². The highest BCUT2D eigenvalue weighted by molar-refractivity contribution is 6.46. The van der Waals surface area contributed by atoms with Gasteiger partial charge in [0.2, 0.25) is 0 Å². The summed E-state index contributed by atoms with van der Waals surface area (Å²) in [7, 11) is 0. The summed E-state index contributed by atoms with van der Waals surface area (Å²) in [5, 5.41) is 11.1. The van der Waals surface area contributed by atoms with Crippen molar-refractivity contribution in [2.24, 2.45) is 0 Å². The van der Waals surface area contributed by atoms with E-state index in [9.17, 15) is 19.1 Å². The highest BCUT2D eigenvalue weighted by Gasteiger charge is 2.46. The maximum absolute atomic E-state index is 13.6. The molecule has 1 atom stereocenters. The number of Topliss-reactive ketones (excluding diaryl/α,β-unsaturated/α-hetero) is 1. The number of rotatable bonds is 7. The third-order valence-electron chi connectivity index (χ3n) is 5.38. The monoisotopic (exact) mass is 446 g/mol. The molecule has 1 amide bonds. The number of ether oxygens (including phenoxy) is 1. The fraction of sp³-hybridized carbons (Fsp3) is 0.192. The van der Waals surface area contributed by atoms with Gasteiger partial charge in [-0.1, -0.05) is 25.1 Å². The number of aliphatic hydroxyl groups excluding tert-OH is 1. The normalized spacial score (nSPS) is 17.4. The fourth-order valence-electron chi connectivity index (χ4n) is 3.79. The van der Waals surface area contributed by atoms with Crippen molar-refractivity contribution < 1.29 is 23.8 Å². The van der Waals surface area contributed by atoms with Gasteiger partial charge in [0.15, 0.2) is 0 Å².